The van der Waals surface area contributed by atoms with Crippen LogP contribution in [0, 0.1) is 16.7 Å². The molecule has 0 aromatic heterocycles. The second kappa shape index (κ2) is 5.93. The molecule has 0 aromatic rings. The molecule has 2 fully saturated rings. The number of nitrogens with one attached hydrogen (secondary N) is 2. The van der Waals surface area contributed by atoms with E-state index in [9.17, 15) is 14.7 Å². The molecule has 2 rings (SSSR count). The summed E-state index contributed by atoms with van der Waals surface area (Å²) in [5.74, 6) is -0.744. The molecule has 21 heavy (non-hydrogen) atoms. The number of piperidine rings is 1. The van der Waals surface area contributed by atoms with Gasteiger partial charge in [-0.05, 0) is 38.8 Å². The zero-order valence-electron chi connectivity index (χ0n) is 13.1. The maximum absolute atomic E-state index is 12.6. The zero-order chi connectivity index (χ0) is 15.7. The van der Waals surface area contributed by atoms with E-state index in [1.165, 1.54) is 0 Å². The lowest BCUT2D eigenvalue weighted by atomic mass is 9.73. The maximum Gasteiger partial charge on any atom is 0.313 e. The number of aliphatic carboxylic acids is 1. The Hall–Kier alpha value is -1.14. The topological polar surface area (TPSA) is 87.7 Å². The van der Waals surface area contributed by atoms with Crippen LogP contribution in [0.25, 0.3) is 0 Å². The molecule has 6 heteroatoms. The first-order chi connectivity index (χ1) is 9.78. The van der Waals surface area contributed by atoms with E-state index in [0.717, 1.165) is 25.9 Å². The average molecular weight is 298 g/mol. The molecule has 0 saturated carbocycles. The molecular formula is C15H26N2O4. The highest BCUT2D eigenvalue weighted by atomic mass is 16.5. The Bertz CT molecular complexity index is 418. The van der Waals surface area contributed by atoms with Crippen molar-refractivity contribution in [1.82, 2.24) is 10.6 Å². The van der Waals surface area contributed by atoms with E-state index in [1.54, 1.807) is 6.92 Å². The molecule has 6 nitrogen and oxygen atoms in total. The van der Waals surface area contributed by atoms with Gasteiger partial charge in [-0.1, -0.05) is 13.8 Å². The van der Waals surface area contributed by atoms with Crippen LogP contribution >= 0.6 is 0 Å². The summed E-state index contributed by atoms with van der Waals surface area (Å²) < 4.78 is 5.29. The quantitative estimate of drug-likeness (QED) is 0.708. The summed E-state index contributed by atoms with van der Waals surface area (Å²) in [5.41, 5.74) is -1.56. The minimum absolute atomic E-state index is 0.0841. The second-order valence-corrected chi connectivity index (χ2v) is 7.03. The third kappa shape index (κ3) is 3.06. The van der Waals surface area contributed by atoms with Crippen molar-refractivity contribution < 1.29 is 19.4 Å². The summed E-state index contributed by atoms with van der Waals surface area (Å²) in [6, 6.07) is -0.474. The molecule has 3 N–H and O–H groups in total. The molecule has 2 heterocycles. The molecule has 120 valence electrons. The Balaban J connectivity index is 2.04. The van der Waals surface area contributed by atoms with Gasteiger partial charge >= 0.3 is 5.97 Å². The van der Waals surface area contributed by atoms with Crippen LogP contribution in [-0.2, 0) is 14.3 Å². The number of carbonyl (C=O) groups excluding carboxylic acids is 1. The number of hydrogen-bond donors (Lipinski definition) is 3. The van der Waals surface area contributed by atoms with Crippen LogP contribution in [0.15, 0.2) is 0 Å². The molecule has 0 radical (unpaired) electrons. The van der Waals surface area contributed by atoms with Crippen molar-refractivity contribution >= 4 is 11.9 Å². The van der Waals surface area contributed by atoms with Gasteiger partial charge in [0.25, 0.3) is 0 Å². The first-order valence-electron chi connectivity index (χ1n) is 7.61. The largest absolute Gasteiger partial charge is 0.481 e. The number of carbonyl (C=O) groups is 2. The Kier molecular flexibility index (Phi) is 4.58. The molecule has 3 unspecified atom stereocenters. The van der Waals surface area contributed by atoms with E-state index in [1.807, 2.05) is 13.8 Å². The Morgan fingerprint density at radius 2 is 2.14 bits per heavy atom. The molecular weight excluding hydrogens is 272 g/mol. The van der Waals surface area contributed by atoms with Crippen molar-refractivity contribution in [3.63, 3.8) is 0 Å². The third-order valence-corrected chi connectivity index (χ3v) is 5.15. The highest BCUT2D eigenvalue weighted by molar-refractivity contribution is 5.84. The van der Waals surface area contributed by atoms with Gasteiger partial charge in [0.1, 0.15) is 5.41 Å². The molecule has 0 aliphatic carbocycles. The molecule has 0 aromatic carbocycles. The van der Waals surface area contributed by atoms with Gasteiger partial charge < -0.3 is 20.5 Å². The molecule has 2 aliphatic rings. The third-order valence-electron chi connectivity index (χ3n) is 5.15. The fraction of sp³-hybridized carbons (Fsp3) is 0.867. The van der Waals surface area contributed by atoms with Crippen LogP contribution in [0.1, 0.15) is 33.6 Å². The van der Waals surface area contributed by atoms with Crippen LogP contribution in [0.3, 0.4) is 0 Å². The fourth-order valence-corrected chi connectivity index (χ4v) is 3.08. The number of ether oxygens (including phenoxy) is 1. The number of amides is 1. The first kappa shape index (κ1) is 16.2. The number of carboxylic acid groups (broad SMARTS) is 1. The van der Waals surface area contributed by atoms with Gasteiger partial charge in [-0.3, -0.25) is 9.59 Å². The van der Waals surface area contributed by atoms with Gasteiger partial charge in [-0.15, -0.1) is 0 Å². The standard InChI is InChI=1S/C15H26N2O4/c1-14(2,10-5-4-6-16-7-10)12(18)17-11-8-21-9-15(11,3)13(19)20/h10-11,16H,4-9H2,1-3H3,(H,17,18)(H,19,20). The zero-order valence-corrected chi connectivity index (χ0v) is 13.1. The van der Waals surface area contributed by atoms with Crippen LogP contribution in [0.2, 0.25) is 0 Å². The molecule has 3 atom stereocenters. The first-order valence-corrected chi connectivity index (χ1v) is 7.61. The maximum atomic E-state index is 12.6. The van der Waals surface area contributed by atoms with E-state index >= 15 is 0 Å². The van der Waals surface area contributed by atoms with E-state index in [4.69, 9.17) is 4.74 Å². The highest BCUT2D eigenvalue weighted by Gasteiger charge is 2.49. The van der Waals surface area contributed by atoms with E-state index in [-0.39, 0.29) is 25.0 Å². The minimum atomic E-state index is -1.05. The SMILES string of the molecule is CC(C)(C(=O)NC1COCC1(C)C(=O)O)C1CCCNC1. The Labute approximate surface area is 125 Å². The summed E-state index contributed by atoms with van der Waals surface area (Å²) in [7, 11) is 0. The van der Waals surface area contributed by atoms with Gasteiger partial charge in [0.15, 0.2) is 0 Å². The van der Waals surface area contributed by atoms with Crippen LogP contribution in [-0.4, -0.2) is 49.3 Å². The predicted octanol–water partition coefficient (Wildman–Crippen LogP) is 0.618. The van der Waals surface area contributed by atoms with Crippen molar-refractivity contribution in [2.45, 2.75) is 39.7 Å². The van der Waals surface area contributed by atoms with Gasteiger partial charge in [0, 0.05) is 5.41 Å². The van der Waals surface area contributed by atoms with Crippen LogP contribution in [0.4, 0.5) is 0 Å². The van der Waals surface area contributed by atoms with Crippen molar-refractivity contribution in [2.75, 3.05) is 26.3 Å². The Morgan fingerprint density at radius 1 is 1.43 bits per heavy atom. The lowest BCUT2D eigenvalue weighted by molar-refractivity contribution is -0.149. The molecule has 1 amide bonds. The number of carboxylic acids is 1. The number of rotatable bonds is 4. The van der Waals surface area contributed by atoms with Crippen LogP contribution < -0.4 is 10.6 Å². The fourth-order valence-electron chi connectivity index (χ4n) is 3.08. The van der Waals surface area contributed by atoms with E-state index < -0.39 is 22.8 Å². The summed E-state index contributed by atoms with van der Waals surface area (Å²) >= 11 is 0. The van der Waals surface area contributed by atoms with Crippen molar-refractivity contribution in [3.8, 4) is 0 Å². The Morgan fingerprint density at radius 3 is 2.71 bits per heavy atom. The van der Waals surface area contributed by atoms with Crippen molar-refractivity contribution in [3.05, 3.63) is 0 Å². The van der Waals surface area contributed by atoms with E-state index in [0.29, 0.717) is 0 Å². The minimum Gasteiger partial charge on any atom is -0.481 e. The molecule has 2 aliphatic heterocycles. The lowest BCUT2D eigenvalue weighted by Crippen LogP contribution is -2.55. The van der Waals surface area contributed by atoms with Gasteiger partial charge in [0.05, 0.1) is 19.3 Å². The smallest absolute Gasteiger partial charge is 0.313 e. The average Bonchev–Trinajstić information content (AvgIpc) is 2.82. The monoisotopic (exact) mass is 298 g/mol. The van der Waals surface area contributed by atoms with Crippen LogP contribution in [0.5, 0.6) is 0 Å². The summed E-state index contributed by atoms with van der Waals surface area (Å²) in [6.07, 6.45) is 2.09. The highest BCUT2D eigenvalue weighted by Crippen LogP contribution is 2.34. The lowest BCUT2D eigenvalue weighted by Gasteiger charge is -2.37. The van der Waals surface area contributed by atoms with Gasteiger partial charge in [0.2, 0.25) is 5.91 Å². The van der Waals surface area contributed by atoms with E-state index in [2.05, 4.69) is 10.6 Å². The molecule has 0 bridgehead atoms. The predicted molar refractivity (Wildman–Crippen MR) is 77.9 cm³/mol. The van der Waals surface area contributed by atoms with Gasteiger partial charge in [-0.2, -0.15) is 0 Å². The second-order valence-electron chi connectivity index (χ2n) is 7.03. The molecule has 0 spiro atoms. The summed E-state index contributed by atoms with van der Waals surface area (Å²) in [6.45, 7) is 7.73. The summed E-state index contributed by atoms with van der Waals surface area (Å²) in [4.78, 5) is 24.1. The molecule has 2 saturated heterocycles. The van der Waals surface area contributed by atoms with Crippen molar-refractivity contribution in [1.29, 1.82) is 0 Å². The van der Waals surface area contributed by atoms with Crippen molar-refractivity contribution in [2.24, 2.45) is 16.7 Å². The number of hydrogen-bond acceptors (Lipinski definition) is 4. The normalized spacial score (nSPS) is 33.7. The summed E-state index contributed by atoms with van der Waals surface area (Å²) in [5, 5.41) is 15.6. The van der Waals surface area contributed by atoms with Gasteiger partial charge in [-0.25, -0.2) is 0 Å².